The zero-order valence-electron chi connectivity index (χ0n) is 12.7. The van der Waals surface area contributed by atoms with Crippen LogP contribution < -0.4 is 10.6 Å². The van der Waals surface area contributed by atoms with Gasteiger partial charge in [0.2, 0.25) is 5.91 Å². The van der Waals surface area contributed by atoms with Crippen LogP contribution in [-0.2, 0) is 4.79 Å². The molecule has 1 aliphatic rings. The summed E-state index contributed by atoms with van der Waals surface area (Å²) in [6, 6.07) is 7.20. The molecule has 0 atom stereocenters. The van der Waals surface area contributed by atoms with E-state index in [1.165, 1.54) is 6.08 Å². The molecule has 1 saturated carbocycles. The molecule has 1 fully saturated rings. The van der Waals surface area contributed by atoms with E-state index in [1.54, 1.807) is 41.7 Å². The first-order chi connectivity index (χ1) is 11.1. The van der Waals surface area contributed by atoms with Crippen LogP contribution >= 0.6 is 11.3 Å². The van der Waals surface area contributed by atoms with Crippen LogP contribution in [0.15, 0.2) is 35.7 Å². The second-order valence-corrected chi connectivity index (χ2v) is 6.50. The first kappa shape index (κ1) is 15.4. The molecule has 0 radical (unpaired) electrons. The Hall–Kier alpha value is -2.47. The number of nitrogens with zero attached hydrogens (tertiary/aromatic N) is 1. The van der Waals surface area contributed by atoms with Gasteiger partial charge in [0.25, 0.3) is 5.91 Å². The van der Waals surface area contributed by atoms with Gasteiger partial charge < -0.3 is 10.6 Å². The van der Waals surface area contributed by atoms with Crippen molar-refractivity contribution in [3.05, 3.63) is 52.0 Å². The maximum absolute atomic E-state index is 11.9. The third-order valence-electron chi connectivity index (χ3n) is 3.37. The van der Waals surface area contributed by atoms with Crippen molar-refractivity contribution >= 4 is 34.9 Å². The van der Waals surface area contributed by atoms with E-state index in [-0.39, 0.29) is 11.8 Å². The van der Waals surface area contributed by atoms with Crippen LogP contribution in [0.5, 0.6) is 0 Å². The number of benzene rings is 1. The Morgan fingerprint density at radius 3 is 2.61 bits per heavy atom. The largest absolute Gasteiger partial charge is 0.349 e. The predicted octanol–water partition coefficient (Wildman–Crippen LogP) is 3.00. The first-order valence-corrected chi connectivity index (χ1v) is 8.30. The minimum absolute atomic E-state index is 0.0656. The smallest absolute Gasteiger partial charge is 0.251 e. The number of carbonyl (C=O) groups excluding carboxylic acids is 2. The molecule has 0 spiro atoms. The molecule has 118 valence electrons. The van der Waals surface area contributed by atoms with E-state index in [4.69, 9.17) is 0 Å². The van der Waals surface area contributed by atoms with Gasteiger partial charge in [0.05, 0.1) is 10.7 Å². The van der Waals surface area contributed by atoms with Crippen LogP contribution in [0.25, 0.3) is 6.08 Å². The minimum Gasteiger partial charge on any atom is -0.349 e. The van der Waals surface area contributed by atoms with Gasteiger partial charge in [-0.2, -0.15) is 0 Å². The van der Waals surface area contributed by atoms with Crippen LogP contribution in [-0.4, -0.2) is 22.8 Å². The number of rotatable bonds is 5. The SMILES string of the molecule is Cc1nc(/C=C/C(=O)Nc2ccc(C(=O)NC3CC3)cc2)cs1. The van der Waals surface area contributed by atoms with E-state index >= 15 is 0 Å². The normalized spacial score (nSPS) is 14.0. The molecule has 23 heavy (non-hydrogen) atoms. The average molecular weight is 327 g/mol. The Labute approximate surface area is 138 Å². The van der Waals surface area contributed by atoms with Crippen LogP contribution in [0.2, 0.25) is 0 Å². The molecule has 0 bridgehead atoms. The van der Waals surface area contributed by atoms with Gasteiger partial charge in [-0.05, 0) is 50.1 Å². The van der Waals surface area contributed by atoms with Gasteiger partial charge in [0, 0.05) is 28.7 Å². The number of anilines is 1. The number of amides is 2. The van der Waals surface area contributed by atoms with Crippen LogP contribution in [0.3, 0.4) is 0 Å². The number of hydrogen-bond donors (Lipinski definition) is 2. The number of carbonyl (C=O) groups is 2. The topological polar surface area (TPSA) is 71.1 Å². The molecule has 2 aromatic rings. The highest BCUT2D eigenvalue weighted by molar-refractivity contribution is 7.09. The van der Waals surface area contributed by atoms with Crippen molar-refractivity contribution in [1.29, 1.82) is 0 Å². The second kappa shape index (κ2) is 6.75. The summed E-state index contributed by atoms with van der Waals surface area (Å²) in [7, 11) is 0. The quantitative estimate of drug-likeness (QED) is 0.829. The average Bonchev–Trinajstić information content (AvgIpc) is 3.25. The number of nitrogens with one attached hydrogen (secondary N) is 2. The number of aryl methyl sites for hydroxylation is 1. The van der Waals surface area contributed by atoms with E-state index in [0.29, 0.717) is 17.3 Å². The molecule has 1 aromatic heterocycles. The Bertz CT molecular complexity index is 745. The Balaban J connectivity index is 1.55. The summed E-state index contributed by atoms with van der Waals surface area (Å²) in [5, 5.41) is 8.54. The Kier molecular flexibility index (Phi) is 4.52. The number of thiazole rings is 1. The molecule has 6 heteroatoms. The highest BCUT2D eigenvalue weighted by Crippen LogP contribution is 2.19. The van der Waals surface area contributed by atoms with Gasteiger partial charge in [-0.25, -0.2) is 4.98 Å². The van der Waals surface area contributed by atoms with E-state index in [1.807, 2.05) is 12.3 Å². The summed E-state index contributed by atoms with van der Waals surface area (Å²) in [5.74, 6) is -0.296. The van der Waals surface area contributed by atoms with Gasteiger partial charge in [-0.3, -0.25) is 9.59 Å². The van der Waals surface area contributed by atoms with E-state index in [0.717, 1.165) is 23.5 Å². The summed E-state index contributed by atoms with van der Waals surface area (Å²) >= 11 is 1.54. The van der Waals surface area contributed by atoms with Crippen molar-refractivity contribution in [1.82, 2.24) is 10.3 Å². The highest BCUT2D eigenvalue weighted by Gasteiger charge is 2.23. The van der Waals surface area contributed by atoms with Crippen LogP contribution in [0.4, 0.5) is 5.69 Å². The van der Waals surface area contributed by atoms with Crippen molar-refractivity contribution in [2.45, 2.75) is 25.8 Å². The maximum atomic E-state index is 11.9. The fourth-order valence-electron chi connectivity index (χ4n) is 2.00. The van der Waals surface area contributed by atoms with Gasteiger partial charge in [0.15, 0.2) is 0 Å². The third kappa shape index (κ3) is 4.50. The summed E-state index contributed by atoms with van der Waals surface area (Å²) < 4.78 is 0. The lowest BCUT2D eigenvalue weighted by Crippen LogP contribution is -2.25. The molecule has 2 N–H and O–H groups in total. The minimum atomic E-state index is -0.231. The fraction of sp³-hybridized carbons (Fsp3) is 0.235. The van der Waals surface area contributed by atoms with E-state index in [2.05, 4.69) is 15.6 Å². The standard InChI is InChI=1S/C17H17N3O2S/c1-11-18-15(10-23-11)8-9-16(21)19-13-4-2-12(3-5-13)17(22)20-14-6-7-14/h2-5,8-10,14H,6-7H2,1H3,(H,19,21)(H,20,22)/b9-8+. The fourth-order valence-corrected chi connectivity index (χ4v) is 2.58. The van der Waals surface area contributed by atoms with Gasteiger partial charge in [-0.15, -0.1) is 11.3 Å². The predicted molar refractivity (Wildman–Crippen MR) is 91.4 cm³/mol. The monoisotopic (exact) mass is 327 g/mol. The lowest BCUT2D eigenvalue weighted by atomic mass is 10.2. The van der Waals surface area contributed by atoms with Gasteiger partial charge >= 0.3 is 0 Å². The zero-order valence-corrected chi connectivity index (χ0v) is 13.5. The van der Waals surface area contributed by atoms with Crippen molar-refractivity contribution in [3.63, 3.8) is 0 Å². The molecular weight excluding hydrogens is 310 g/mol. The summed E-state index contributed by atoms with van der Waals surface area (Å²) in [5.41, 5.74) is 2.02. The van der Waals surface area contributed by atoms with Crippen molar-refractivity contribution in [2.75, 3.05) is 5.32 Å². The Morgan fingerprint density at radius 2 is 2.00 bits per heavy atom. The molecule has 0 saturated heterocycles. The van der Waals surface area contributed by atoms with Crippen molar-refractivity contribution in [3.8, 4) is 0 Å². The molecule has 1 aromatic carbocycles. The summed E-state index contributed by atoms with van der Waals surface area (Å²) in [6.07, 6.45) is 5.24. The first-order valence-electron chi connectivity index (χ1n) is 7.42. The van der Waals surface area contributed by atoms with Crippen molar-refractivity contribution < 1.29 is 9.59 Å². The lowest BCUT2D eigenvalue weighted by Gasteiger charge is -2.05. The third-order valence-corrected chi connectivity index (χ3v) is 4.16. The van der Waals surface area contributed by atoms with Gasteiger partial charge in [-0.1, -0.05) is 0 Å². The molecule has 0 aliphatic heterocycles. The van der Waals surface area contributed by atoms with Crippen LogP contribution in [0, 0.1) is 6.92 Å². The van der Waals surface area contributed by atoms with E-state index in [9.17, 15) is 9.59 Å². The zero-order chi connectivity index (χ0) is 16.2. The molecular formula is C17H17N3O2S. The van der Waals surface area contributed by atoms with E-state index < -0.39 is 0 Å². The molecule has 1 heterocycles. The summed E-state index contributed by atoms with van der Waals surface area (Å²) in [6.45, 7) is 1.92. The Morgan fingerprint density at radius 1 is 1.26 bits per heavy atom. The number of hydrogen-bond acceptors (Lipinski definition) is 4. The number of aromatic nitrogens is 1. The molecule has 1 aliphatic carbocycles. The summed E-state index contributed by atoms with van der Waals surface area (Å²) in [4.78, 5) is 28.0. The molecule has 0 unspecified atom stereocenters. The maximum Gasteiger partial charge on any atom is 0.251 e. The highest BCUT2D eigenvalue weighted by atomic mass is 32.1. The molecule has 5 nitrogen and oxygen atoms in total. The lowest BCUT2D eigenvalue weighted by molar-refractivity contribution is -0.111. The van der Waals surface area contributed by atoms with Crippen LogP contribution in [0.1, 0.15) is 33.9 Å². The molecule has 2 amide bonds. The molecule has 3 rings (SSSR count). The second-order valence-electron chi connectivity index (χ2n) is 5.44. The van der Waals surface area contributed by atoms with Crippen molar-refractivity contribution in [2.24, 2.45) is 0 Å². The van der Waals surface area contributed by atoms with Gasteiger partial charge in [0.1, 0.15) is 0 Å².